The molecule has 0 aromatic carbocycles. The number of anilines is 2. The molecule has 0 aliphatic heterocycles. The quantitative estimate of drug-likeness (QED) is 0.652. The van der Waals surface area contributed by atoms with Crippen LogP contribution in [0.3, 0.4) is 0 Å². The zero-order valence-electron chi connectivity index (χ0n) is 10.7. The van der Waals surface area contributed by atoms with Gasteiger partial charge in [0, 0.05) is 24.7 Å². The average molecular weight is 235 g/mol. The first kappa shape index (κ1) is 13.4. The van der Waals surface area contributed by atoms with Crippen molar-refractivity contribution in [1.82, 2.24) is 9.97 Å². The van der Waals surface area contributed by atoms with Gasteiger partial charge in [0.05, 0.1) is 0 Å². The molecule has 94 valence electrons. The van der Waals surface area contributed by atoms with E-state index in [1.807, 2.05) is 26.8 Å². The van der Waals surface area contributed by atoms with E-state index in [4.69, 9.17) is 5.73 Å². The van der Waals surface area contributed by atoms with Gasteiger partial charge in [0.25, 0.3) is 0 Å². The van der Waals surface area contributed by atoms with E-state index in [1.54, 1.807) is 6.08 Å². The summed E-state index contributed by atoms with van der Waals surface area (Å²) in [6.07, 6.45) is 1.79. The average Bonchev–Trinajstić information content (AvgIpc) is 2.25. The fourth-order valence-corrected chi connectivity index (χ4v) is 1.30. The van der Waals surface area contributed by atoms with Gasteiger partial charge in [-0.3, -0.25) is 0 Å². The van der Waals surface area contributed by atoms with E-state index < -0.39 is 0 Å². The molecule has 0 radical (unpaired) electrons. The number of nitrogens with one attached hydrogen (secondary N) is 2. The van der Waals surface area contributed by atoms with Gasteiger partial charge in [-0.15, -0.1) is 6.58 Å². The van der Waals surface area contributed by atoms with Crippen molar-refractivity contribution in [3.63, 3.8) is 0 Å². The van der Waals surface area contributed by atoms with Gasteiger partial charge in [0.1, 0.15) is 17.5 Å². The second-order valence-electron chi connectivity index (χ2n) is 4.57. The highest BCUT2D eigenvalue weighted by Crippen LogP contribution is 2.15. The van der Waals surface area contributed by atoms with Gasteiger partial charge >= 0.3 is 0 Å². The van der Waals surface area contributed by atoms with E-state index in [1.165, 1.54) is 0 Å². The van der Waals surface area contributed by atoms with Crippen LogP contribution in [-0.2, 0) is 0 Å². The van der Waals surface area contributed by atoms with E-state index in [9.17, 15) is 0 Å². The second kappa shape index (κ2) is 5.63. The Kier molecular flexibility index (Phi) is 4.45. The molecule has 0 saturated carbocycles. The molecule has 0 saturated heterocycles. The largest absolute Gasteiger partial charge is 0.366 e. The number of rotatable bonds is 6. The van der Waals surface area contributed by atoms with Crippen molar-refractivity contribution >= 4 is 11.6 Å². The molecule has 0 amide bonds. The Morgan fingerprint density at radius 2 is 2.06 bits per heavy atom. The topological polar surface area (TPSA) is 75.9 Å². The highest BCUT2D eigenvalue weighted by atomic mass is 15.1. The molecule has 1 aromatic heterocycles. The smallest absolute Gasteiger partial charge is 0.132 e. The predicted octanol–water partition coefficient (Wildman–Crippen LogP) is 1.53. The Balaban J connectivity index is 2.85. The maximum absolute atomic E-state index is 5.68. The van der Waals surface area contributed by atoms with Crippen LogP contribution < -0.4 is 16.4 Å². The van der Waals surface area contributed by atoms with Crippen molar-refractivity contribution in [2.45, 2.75) is 26.3 Å². The summed E-state index contributed by atoms with van der Waals surface area (Å²) in [5.74, 6) is 2.28. The van der Waals surface area contributed by atoms with Crippen LogP contribution in [0.4, 0.5) is 11.6 Å². The van der Waals surface area contributed by atoms with E-state index in [0.29, 0.717) is 13.1 Å². The summed E-state index contributed by atoms with van der Waals surface area (Å²) in [4.78, 5) is 8.62. The van der Waals surface area contributed by atoms with Crippen LogP contribution in [-0.4, -0.2) is 28.6 Å². The van der Waals surface area contributed by atoms with E-state index in [0.717, 1.165) is 17.5 Å². The minimum absolute atomic E-state index is 0.184. The summed E-state index contributed by atoms with van der Waals surface area (Å²) in [5, 5.41) is 6.42. The van der Waals surface area contributed by atoms with Crippen LogP contribution >= 0.6 is 0 Å². The van der Waals surface area contributed by atoms with Crippen LogP contribution in [0.1, 0.15) is 19.7 Å². The zero-order valence-corrected chi connectivity index (χ0v) is 10.7. The second-order valence-corrected chi connectivity index (χ2v) is 4.57. The Morgan fingerprint density at radius 1 is 1.41 bits per heavy atom. The maximum Gasteiger partial charge on any atom is 0.132 e. The van der Waals surface area contributed by atoms with E-state index in [2.05, 4.69) is 27.2 Å². The minimum Gasteiger partial charge on any atom is -0.366 e. The summed E-state index contributed by atoms with van der Waals surface area (Å²) >= 11 is 0. The highest BCUT2D eigenvalue weighted by molar-refractivity contribution is 5.49. The molecular formula is C12H21N5. The fraction of sp³-hybridized carbons (Fsp3) is 0.500. The Bertz CT molecular complexity index is 386. The molecule has 1 rings (SSSR count). The lowest BCUT2D eigenvalue weighted by Gasteiger charge is -2.25. The molecule has 0 aliphatic carbocycles. The van der Waals surface area contributed by atoms with Gasteiger partial charge in [-0.05, 0) is 20.8 Å². The molecule has 4 N–H and O–H groups in total. The molecule has 5 heteroatoms. The summed E-state index contributed by atoms with van der Waals surface area (Å²) in [6, 6.07) is 1.87. The summed E-state index contributed by atoms with van der Waals surface area (Å²) in [7, 11) is 0. The van der Waals surface area contributed by atoms with Gasteiger partial charge in [-0.2, -0.15) is 0 Å². The number of nitrogens with two attached hydrogens (primary N) is 1. The van der Waals surface area contributed by atoms with Gasteiger partial charge in [-0.1, -0.05) is 6.08 Å². The molecule has 0 spiro atoms. The first-order valence-electron chi connectivity index (χ1n) is 5.65. The van der Waals surface area contributed by atoms with Gasteiger partial charge < -0.3 is 16.4 Å². The molecular weight excluding hydrogens is 214 g/mol. The molecule has 0 unspecified atom stereocenters. The lowest BCUT2D eigenvalue weighted by atomic mass is 10.1. The SMILES string of the molecule is C=CCNc1cc(NC(C)(C)CN)nc(C)n1. The van der Waals surface area contributed by atoms with Crippen molar-refractivity contribution in [2.75, 3.05) is 23.7 Å². The molecule has 17 heavy (non-hydrogen) atoms. The van der Waals surface area contributed by atoms with Crippen molar-refractivity contribution < 1.29 is 0 Å². The monoisotopic (exact) mass is 235 g/mol. The number of aromatic nitrogens is 2. The molecule has 1 aromatic rings. The Labute approximate surface area is 103 Å². The third-order valence-electron chi connectivity index (χ3n) is 2.24. The predicted molar refractivity (Wildman–Crippen MR) is 72.2 cm³/mol. The van der Waals surface area contributed by atoms with Gasteiger partial charge in [0.2, 0.25) is 0 Å². The third kappa shape index (κ3) is 4.40. The Morgan fingerprint density at radius 3 is 2.65 bits per heavy atom. The van der Waals surface area contributed by atoms with Crippen LogP contribution in [0, 0.1) is 6.92 Å². The molecule has 1 heterocycles. The Hall–Kier alpha value is -1.62. The molecule has 0 aliphatic rings. The van der Waals surface area contributed by atoms with Crippen LogP contribution in [0.2, 0.25) is 0 Å². The highest BCUT2D eigenvalue weighted by Gasteiger charge is 2.16. The molecule has 0 fully saturated rings. The maximum atomic E-state index is 5.68. The number of hydrogen-bond donors (Lipinski definition) is 3. The number of nitrogens with zero attached hydrogens (tertiary/aromatic N) is 2. The van der Waals surface area contributed by atoms with E-state index >= 15 is 0 Å². The van der Waals surface area contributed by atoms with Crippen LogP contribution in [0.15, 0.2) is 18.7 Å². The lowest BCUT2D eigenvalue weighted by Crippen LogP contribution is -2.39. The first-order chi connectivity index (χ1) is 7.96. The van der Waals surface area contributed by atoms with E-state index in [-0.39, 0.29) is 5.54 Å². The summed E-state index contributed by atoms with van der Waals surface area (Å²) in [6.45, 7) is 10.8. The van der Waals surface area contributed by atoms with Gasteiger partial charge in [-0.25, -0.2) is 9.97 Å². The van der Waals surface area contributed by atoms with Crippen molar-refractivity contribution in [2.24, 2.45) is 5.73 Å². The summed E-state index contributed by atoms with van der Waals surface area (Å²) in [5.41, 5.74) is 5.49. The van der Waals surface area contributed by atoms with Crippen LogP contribution in [0.25, 0.3) is 0 Å². The summed E-state index contributed by atoms with van der Waals surface area (Å²) < 4.78 is 0. The van der Waals surface area contributed by atoms with Crippen molar-refractivity contribution in [3.05, 3.63) is 24.5 Å². The van der Waals surface area contributed by atoms with Crippen molar-refractivity contribution in [1.29, 1.82) is 0 Å². The first-order valence-corrected chi connectivity index (χ1v) is 5.65. The molecule has 5 nitrogen and oxygen atoms in total. The number of aryl methyl sites for hydroxylation is 1. The normalized spacial score (nSPS) is 11.1. The van der Waals surface area contributed by atoms with Gasteiger partial charge in [0.15, 0.2) is 0 Å². The lowest BCUT2D eigenvalue weighted by molar-refractivity contribution is 0.577. The van der Waals surface area contributed by atoms with Crippen LogP contribution in [0.5, 0.6) is 0 Å². The minimum atomic E-state index is -0.184. The number of hydrogen-bond acceptors (Lipinski definition) is 5. The zero-order chi connectivity index (χ0) is 12.9. The standard InChI is InChI=1S/C12H21N5/c1-5-6-14-10-7-11(16-9(2)15-10)17-12(3,4)8-13/h5,7H,1,6,8,13H2,2-4H3,(H2,14,15,16,17). The molecule has 0 atom stereocenters. The third-order valence-corrected chi connectivity index (χ3v) is 2.24. The molecule has 0 bridgehead atoms. The fourth-order valence-electron chi connectivity index (χ4n) is 1.30. The van der Waals surface area contributed by atoms with Crippen molar-refractivity contribution in [3.8, 4) is 0 Å².